The maximum absolute atomic E-state index is 13.6. The molecular weight excluding hydrogens is 400 g/mol. The van der Waals surface area contributed by atoms with Crippen molar-refractivity contribution >= 4 is 23.3 Å². The molecule has 0 saturated heterocycles. The van der Waals surface area contributed by atoms with Crippen molar-refractivity contribution in [1.29, 1.82) is 0 Å². The summed E-state index contributed by atoms with van der Waals surface area (Å²) in [5.74, 6) is -3.11. The second-order valence-electron chi connectivity index (χ2n) is 9.90. The number of carbonyl (C=O) groups excluding carboxylic acids is 4. The molecule has 2 N–H and O–H groups in total. The Hall–Kier alpha value is -2.38. The first kappa shape index (κ1) is 21.8. The van der Waals surface area contributed by atoms with E-state index in [4.69, 9.17) is 4.74 Å². The Kier molecular flexibility index (Phi) is 4.80. The highest BCUT2D eigenvalue weighted by molar-refractivity contribution is 6.02. The van der Waals surface area contributed by atoms with E-state index >= 15 is 0 Å². The molecule has 4 aliphatic rings. The number of hydrogen-bond acceptors (Lipinski definition) is 7. The fourth-order valence-electron chi connectivity index (χ4n) is 6.74. The van der Waals surface area contributed by atoms with Crippen LogP contribution in [0.3, 0.4) is 0 Å². The summed E-state index contributed by atoms with van der Waals surface area (Å²) in [4.78, 5) is 49.6. The topological polar surface area (TPSA) is 118 Å². The molecule has 0 bridgehead atoms. The van der Waals surface area contributed by atoms with E-state index in [1.807, 2.05) is 6.92 Å². The highest BCUT2D eigenvalue weighted by atomic mass is 16.5. The Morgan fingerprint density at radius 2 is 1.94 bits per heavy atom. The number of ether oxygens (including phenoxy) is 1. The van der Waals surface area contributed by atoms with Crippen LogP contribution >= 0.6 is 0 Å². The van der Waals surface area contributed by atoms with Gasteiger partial charge in [0.05, 0.1) is 6.10 Å². The van der Waals surface area contributed by atoms with Crippen molar-refractivity contribution in [2.45, 2.75) is 51.7 Å². The fourth-order valence-corrected chi connectivity index (χ4v) is 6.74. The number of hydrogen-bond donors (Lipinski definition) is 2. The van der Waals surface area contributed by atoms with Gasteiger partial charge in [-0.15, -0.1) is 0 Å². The summed E-state index contributed by atoms with van der Waals surface area (Å²) in [6, 6.07) is 0. The van der Waals surface area contributed by atoms with E-state index < -0.39 is 52.7 Å². The summed E-state index contributed by atoms with van der Waals surface area (Å²) in [7, 11) is 0. The minimum atomic E-state index is -2.02. The maximum atomic E-state index is 13.6. The number of esters is 1. The number of carbonyl (C=O) groups is 4. The smallest absolute Gasteiger partial charge is 0.303 e. The van der Waals surface area contributed by atoms with Crippen LogP contribution in [0.5, 0.6) is 0 Å². The Bertz CT molecular complexity index is 974. The first-order valence-electron chi connectivity index (χ1n) is 10.6. The van der Waals surface area contributed by atoms with Crippen molar-refractivity contribution in [2.24, 2.45) is 28.6 Å². The summed E-state index contributed by atoms with van der Waals surface area (Å²) in [6.45, 7) is 8.12. The average molecular weight is 428 g/mol. The summed E-state index contributed by atoms with van der Waals surface area (Å²) < 4.78 is 4.83. The predicted molar refractivity (Wildman–Crippen MR) is 110 cm³/mol. The first-order chi connectivity index (χ1) is 14.4. The van der Waals surface area contributed by atoms with E-state index in [1.54, 1.807) is 13.0 Å². The molecule has 0 unspecified atom stereocenters. The van der Waals surface area contributed by atoms with E-state index in [0.717, 1.165) is 5.57 Å². The average Bonchev–Trinajstić information content (AvgIpc) is 2.88. The van der Waals surface area contributed by atoms with Crippen LogP contribution in [0.4, 0.5) is 0 Å². The van der Waals surface area contributed by atoms with Gasteiger partial charge in [-0.2, -0.15) is 0 Å². The van der Waals surface area contributed by atoms with Crippen LogP contribution < -0.4 is 0 Å². The third-order valence-corrected chi connectivity index (χ3v) is 8.29. The number of aliphatic hydroxyl groups is 2. The van der Waals surface area contributed by atoms with Crippen molar-refractivity contribution in [2.75, 3.05) is 6.61 Å². The van der Waals surface area contributed by atoms with Gasteiger partial charge in [-0.3, -0.25) is 19.2 Å². The molecule has 166 valence electrons. The summed E-state index contributed by atoms with van der Waals surface area (Å²) in [5, 5.41) is 22.7. The van der Waals surface area contributed by atoms with Crippen LogP contribution in [-0.4, -0.2) is 51.8 Å². The Morgan fingerprint density at radius 1 is 1.26 bits per heavy atom. The lowest BCUT2D eigenvalue weighted by molar-refractivity contribution is -0.174. The minimum absolute atomic E-state index is 0.0719. The molecule has 3 fully saturated rings. The summed E-state index contributed by atoms with van der Waals surface area (Å²) in [5.41, 5.74) is -2.88. The molecule has 0 radical (unpaired) electrons. The minimum Gasteiger partial charge on any atom is -0.458 e. The largest absolute Gasteiger partial charge is 0.458 e. The molecule has 7 atom stereocenters. The van der Waals surface area contributed by atoms with E-state index in [9.17, 15) is 29.4 Å². The normalized spacial score (nSPS) is 43.6. The van der Waals surface area contributed by atoms with Gasteiger partial charge in [0.25, 0.3) is 0 Å². The summed E-state index contributed by atoms with van der Waals surface area (Å²) >= 11 is 0. The SMILES string of the molecule is C=C1C[C@H]2[C@@H]3[C@@H](O)CC4=CC(=O)C=C[C@]4(C)[C@H]3C(=O)C[C@]2(C)[C@@]1(O)C(=O)COC(C)=O. The van der Waals surface area contributed by atoms with E-state index in [-0.39, 0.29) is 42.3 Å². The number of fused-ring (bicyclic) bond motifs is 5. The lowest BCUT2D eigenvalue weighted by atomic mass is 9.46. The maximum Gasteiger partial charge on any atom is 0.303 e. The lowest BCUT2D eigenvalue weighted by Gasteiger charge is -2.57. The molecule has 0 aliphatic heterocycles. The first-order valence-corrected chi connectivity index (χ1v) is 10.6. The van der Waals surface area contributed by atoms with Gasteiger partial charge >= 0.3 is 5.97 Å². The molecule has 0 heterocycles. The van der Waals surface area contributed by atoms with Gasteiger partial charge in [0.15, 0.2) is 18.0 Å². The lowest BCUT2D eigenvalue weighted by Crippen LogP contribution is -2.63. The third-order valence-electron chi connectivity index (χ3n) is 8.29. The van der Waals surface area contributed by atoms with Crippen molar-refractivity contribution in [3.05, 3.63) is 36.0 Å². The molecule has 7 nitrogen and oxygen atoms in total. The van der Waals surface area contributed by atoms with Gasteiger partial charge in [0.2, 0.25) is 5.78 Å². The highest BCUT2D eigenvalue weighted by Gasteiger charge is 2.71. The number of ketones is 3. The molecule has 3 saturated carbocycles. The summed E-state index contributed by atoms with van der Waals surface area (Å²) in [6.07, 6.45) is 4.30. The zero-order valence-electron chi connectivity index (χ0n) is 18.0. The van der Waals surface area contributed by atoms with Gasteiger partial charge in [0.1, 0.15) is 5.78 Å². The van der Waals surface area contributed by atoms with E-state index in [2.05, 4.69) is 6.58 Å². The van der Waals surface area contributed by atoms with Gasteiger partial charge < -0.3 is 14.9 Å². The van der Waals surface area contributed by atoms with Crippen LogP contribution in [0.2, 0.25) is 0 Å². The van der Waals surface area contributed by atoms with Crippen molar-refractivity contribution in [3.8, 4) is 0 Å². The number of allylic oxidation sites excluding steroid dienone is 3. The Morgan fingerprint density at radius 3 is 2.58 bits per heavy atom. The Balaban J connectivity index is 1.77. The van der Waals surface area contributed by atoms with Crippen LogP contribution in [0.25, 0.3) is 0 Å². The second-order valence-corrected chi connectivity index (χ2v) is 9.90. The molecule has 31 heavy (non-hydrogen) atoms. The van der Waals surface area contributed by atoms with Gasteiger partial charge in [-0.05, 0) is 42.4 Å². The second kappa shape index (κ2) is 6.81. The molecule has 4 rings (SSSR count). The van der Waals surface area contributed by atoms with Crippen molar-refractivity contribution in [1.82, 2.24) is 0 Å². The number of rotatable bonds is 3. The molecule has 0 spiro atoms. The zero-order chi connectivity index (χ0) is 22.9. The molecule has 0 aromatic heterocycles. The van der Waals surface area contributed by atoms with Gasteiger partial charge in [-0.1, -0.05) is 32.1 Å². The highest BCUT2D eigenvalue weighted by Crippen LogP contribution is 2.67. The molecule has 7 heteroatoms. The fraction of sp³-hybridized carbons (Fsp3) is 0.583. The quantitative estimate of drug-likeness (QED) is 0.516. The van der Waals surface area contributed by atoms with Crippen LogP contribution in [0.1, 0.15) is 40.0 Å². The Labute approximate surface area is 180 Å². The van der Waals surface area contributed by atoms with Gasteiger partial charge in [0, 0.05) is 30.1 Å². The van der Waals surface area contributed by atoms with Crippen LogP contribution in [0.15, 0.2) is 36.0 Å². The van der Waals surface area contributed by atoms with Crippen LogP contribution in [-0.2, 0) is 23.9 Å². The predicted octanol–water partition coefficient (Wildman–Crippen LogP) is 1.47. The molecule has 0 aromatic carbocycles. The van der Waals surface area contributed by atoms with Crippen molar-refractivity contribution < 1.29 is 34.1 Å². The van der Waals surface area contributed by atoms with Crippen molar-refractivity contribution in [3.63, 3.8) is 0 Å². The molecule has 4 aliphatic carbocycles. The van der Waals surface area contributed by atoms with E-state index in [1.165, 1.54) is 19.1 Å². The van der Waals surface area contributed by atoms with Gasteiger partial charge in [-0.25, -0.2) is 0 Å². The molecule has 0 aromatic rings. The molecule has 0 amide bonds. The monoisotopic (exact) mass is 428 g/mol. The third kappa shape index (κ3) is 2.79. The van der Waals surface area contributed by atoms with Crippen LogP contribution in [0, 0.1) is 28.6 Å². The number of aliphatic hydroxyl groups excluding tert-OH is 1. The van der Waals surface area contributed by atoms with E-state index in [0.29, 0.717) is 0 Å². The molecular formula is C24H28O7. The number of Topliss-reactive ketones (excluding diaryl/α,β-unsaturated/α-hetero) is 2. The zero-order valence-corrected chi connectivity index (χ0v) is 18.0. The standard InChI is InChI=1S/C24H28O7/c1-12-7-16-20-17(27)9-14-8-15(26)5-6-22(14,3)21(20)18(28)10-23(16,4)24(12,30)19(29)11-31-13(2)25/h5-6,8,16-17,20-21,27,30H,1,7,9-11H2,2-4H3/t16-,17-,20+,21-,22-,23-,24-/m0/s1.